The SMILES string of the molecule is CC(C)C(CNCCC(C)(C)C(=O)O)C(C)C. The highest BCUT2D eigenvalue weighted by molar-refractivity contribution is 5.73. The van der Waals surface area contributed by atoms with E-state index < -0.39 is 11.4 Å². The second-order valence-electron chi connectivity index (χ2n) is 6.30. The van der Waals surface area contributed by atoms with Crippen LogP contribution in [0.5, 0.6) is 0 Å². The molecule has 17 heavy (non-hydrogen) atoms. The summed E-state index contributed by atoms with van der Waals surface area (Å²) in [4.78, 5) is 10.9. The highest BCUT2D eigenvalue weighted by Crippen LogP contribution is 2.21. The molecule has 0 saturated carbocycles. The van der Waals surface area contributed by atoms with E-state index in [1.54, 1.807) is 13.8 Å². The molecule has 0 unspecified atom stereocenters. The smallest absolute Gasteiger partial charge is 0.309 e. The third-order valence-corrected chi connectivity index (χ3v) is 3.60. The number of carboxylic acid groups (broad SMARTS) is 1. The number of carbonyl (C=O) groups is 1. The quantitative estimate of drug-likeness (QED) is 0.644. The Hall–Kier alpha value is -0.570. The average molecular weight is 243 g/mol. The summed E-state index contributed by atoms with van der Waals surface area (Å²) in [6.07, 6.45) is 0.672. The van der Waals surface area contributed by atoms with Crippen LogP contribution in [0.3, 0.4) is 0 Å². The molecular weight excluding hydrogens is 214 g/mol. The molecule has 0 atom stereocenters. The van der Waals surface area contributed by atoms with Crippen LogP contribution in [-0.2, 0) is 4.79 Å². The van der Waals surface area contributed by atoms with E-state index in [0.717, 1.165) is 13.1 Å². The second-order valence-corrected chi connectivity index (χ2v) is 6.30. The van der Waals surface area contributed by atoms with Crippen molar-refractivity contribution in [3.63, 3.8) is 0 Å². The average Bonchev–Trinajstić information content (AvgIpc) is 2.15. The fourth-order valence-corrected chi connectivity index (χ4v) is 2.02. The Balaban J connectivity index is 3.95. The van der Waals surface area contributed by atoms with Crippen molar-refractivity contribution in [3.05, 3.63) is 0 Å². The number of rotatable bonds is 8. The molecule has 102 valence electrons. The van der Waals surface area contributed by atoms with Crippen molar-refractivity contribution in [2.45, 2.75) is 48.0 Å². The van der Waals surface area contributed by atoms with Gasteiger partial charge in [0.2, 0.25) is 0 Å². The summed E-state index contributed by atoms with van der Waals surface area (Å²) in [5.41, 5.74) is -0.627. The van der Waals surface area contributed by atoms with E-state index in [9.17, 15) is 4.79 Å². The zero-order valence-corrected chi connectivity index (χ0v) is 12.2. The third-order valence-electron chi connectivity index (χ3n) is 3.60. The van der Waals surface area contributed by atoms with E-state index in [0.29, 0.717) is 24.2 Å². The van der Waals surface area contributed by atoms with Gasteiger partial charge in [0.1, 0.15) is 0 Å². The largest absolute Gasteiger partial charge is 0.481 e. The monoisotopic (exact) mass is 243 g/mol. The Labute approximate surface area is 106 Å². The number of hydrogen-bond donors (Lipinski definition) is 2. The number of nitrogens with one attached hydrogen (secondary N) is 1. The molecule has 0 aromatic heterocycles. The lowest BCUT2D eigenvalue weighted by Crippen LogP contribution is -2.34. The first-order valence-electron chi connectivity index (χ1n) is 6.62. The van der Waals surface area contributed by atoms with Crippen LogP contribution in [0.25, 0.3) is 0 Å². The molecule has 0 rings (SSSR count). The predicted molar refractivity (Wildman–Crippen MR) is 72.1 cm³/mol. The minimum atomic E-state index is -0.719. The van der Waals surface area contributed by atoms with Gasteiger partial charge in [-0.15, -0.1) is 0 Å². The van der Waals surface area contributed by atoms with Gasteiger partial charge >= 0.3 is 5.97 Å². The first kappa shape index (κ1) is 16.4. The van der Waals surface area contributed by atoms with Gasteiger partial charge in [-0.25, -0.2) is 0 Å². The van der Waals surface area contributed by atoms with Crippen molar-refractivity contribution in [2.75, 3.05) is 13.1 Å². The first-order valence-corrected chi connectivity index (χ1v) is 6.62. The van der Waals surface area contributed by atoms with Gasteiger partial charge in [-0.3, -0.25) is 4.79 Å². The topological polar surface area (TPSA) is 49.3 Å². The fourth-order valence-electron chi connectivity index (χ4n) is 2.02. The lowest BCUT2D eigenvalue weighted by molar-refractivity contribution is -0.147. The minimum Gasteiger partial charge on any atom is -0.481 e. The molecule has 0 aliphatic heterocycles. The molecule has 0 aromatic rings. The molecule has 0 bridgehead atoms. The zero-order valence-electron chi connectivity index (χ0n) is 12.2. The van der Waals surface area contributed by atoms with Gasteiger partial charge in [-0.1, -0.05) is 27.7 Å². The van der Waals surface area contributed by atoms with Crippen molar-refractivity contribution >= 4 is 5.97 Å². The Morgan fingerprint density at radius 1 is 1.18 bits per heavy atom. The van der Waals surface area contributed by atoms with Gasteiger partial charge in [0.05, 0.1) is 5.41 Å². The normalized spacial score (nSPS) is 12.8. The Kier molecular flexibility index (Phi) is 6.76. The molecule has 0 aromatic carbocycles. The highest BCUT2D eigenvalue weighted by atomic mass is 16.4. The number of hydrogen-bond acceptors (Lipinski definition) is 2. The van der Waals surface area contributed by atoms with E-state index in [1.807, 2.05) is 0 Å². The molecule has 0 amide bonds. The van der Waals surface area contributed by atoms with Crippen LogP contribution >= 0.6 is 0 Å². The first-order chi connectivity index (χ1) is 7.68. The maximum Gasteiger partial charge on any atom is 0.309 e. The predicted octanol–water partition coefficient (Wildman–Crippen LogP) is 3.01. The van der Waals surface area contributed by atoms with Crippen LogP contribution in [0, 0.1) is 23.2 Å². The Morgan fingerprint density at radius 2 is 1.65 bits per heavy atom. The van der Waals surface area contributed by atoms with Crippen LogP contribution in [0.2, 0.25) is 0 Å². The molecule has 0 heterocycles. The Morgan fingerprint density at radius 3 is 2.00 bits per heavy atom. The van der Waals surface area contributed by atoms with E-state index in [2.05, 4.69) is 33.0 Å². The van der Waals surface area contributed by atoms with Gasteiger partial charge in [0.25, 0.3) is 0 Å². The van der Waals surface area contributed by atoms with Crippen molar-refractivity contribution in [1.29, 1.82) is 0 Å². The molecule has 0 aliphatic rings. The zero-order chi connectivity index (χ0) is 13.6. The van der Waals surface area contributed by atoms with Gasteiger partial charge < -0.3 is 10.4 Å². The minimum absolute atomic E-state index is 0.627. The van der Waals surface area contributed by atoms with Crippen molar-refractivity contribution in [1.82, 2.24) is 5.32 Å². The second kappa shape index (κ2) is 7.00. The summed E-state index contributed by atoms with van der Waals surface area (Å²) in [6, 6.07) is 0. The molecule has 2 N–H and O–H groups in total. The molecule has 0 radical (unpaired) electrons. The third kappa shape index (κ3) is 6.06. The lowest BCUT2D eigenvalue weighted by Gasteiger charge is -2.26. The van der Waals surface area contributed by atoms with Crippen LogP contribution < -0.4 is 5.32 Å². The van der Waals surface area contributed by atoms with Crippen LogP contribution in [0.15, 0.2) is 0 Å². The van der Waals surface area contributed by atoms with Crippen molar-refractivity contribution in [2.24, 2.45) is 23.2 Å². The number of aliphatic carboxylic acids is 1. The highest BCUT2D eigenvalue weighted by Gasteiger charge is 2.26. The molecule has 3 nitrogen and oxygen atoms in total. The van der Waals surface area contributed by atoms with Gasteiger partial charge in [-0.2, -0.15) is 0 Å². The van der Waals surface area contributed by atoms with Gasteiger partial charge in [0, 0.05) is 0 Å². The van der Waals surface area contributed by atoms with Crippen LogP contribution in [0.4, 0.5) is 0 Å². The van der Waals surface area contributed by atoms with E-state index in [-0.39, 0.29) is 0 Å². The van der Waals surface area contributed by atoms with Gasteiger partial charge in [-0.05, 0) is 51.1 Å². The summed E-state index contributed by atoms with van der Waals surface area (Å²) >= 11 is 0. The molecule has 3 heteroatoms. The lowest BCUT2D eigenvalue weighted by atomic mass is 9.85. The van der Waals surface area contributed by atoms with E-state index in [1.165, 1.54) is 0 Å². The van der Waals surface area contributed by atoms with Gasteiger partial charge in [0.15, 0.2) is 0 Å². The number of carboxylic acids is 1. The van der Waals surface area contributed by atoms with E-state index in [4.69, 9.17) is 5.11 Å². The van der Waals surface area contributed by atoms with E-state index >= 15 is 0 Å². The summed E-state index contributed by atoms with van der Waals surface area (Å²) in [6.45, 7) is 14.3. The molecule has 0 fully saturated rings. The molecule has 0 saturated heterocycles. The molecule has 0 spiro atoms. The standard InChI is InChI=1S/C14H29NO2/c1-10(2)12(11(3)4)9-15-8-7-14(5,6)13(16)17/h10-12,15H,7-9H2,1-6H3,(H,16,17). The maximum absolute atomic E-state index is 10.9. The molecule has 0 aliphatic carbocycles. The Bertz CT molecular complexity index is 226. The summed E-state index contributed by atoms with van der Waals surface area (Å²) < 4.78 is 0. The van der Waals surface area contributed by atoms with Crippen molar-refractivity contribution in [3.8, 4) is 0 Å². The summed E-state index contributed by atoms with van der Waals surface area (Å²) in [7, 11) is 0. The fraction of sp³-hybridized carbons (Fsp3) is 0.929. The van der Waals surface area contributed by atoms with Crippen molar-refractivity contribution < 1.29 is 9.90 Å². The summed E-state index contributed by atoms with van der Waals surface area (Å²) in [5, 5.41) is 12.4. The van der Waals surface area contributed by atoms with Crippen LogP contribution in [-0.4, -0.2) is 24.2 Å². The molecular formula is C14H29NO2. The van der Waals surface area contributed by atoms with Crippen LogP contribution in [0.1, 0.15) is 48.0 Å². The maximum atomic E-state index is 10.9. The summed E-state index contributed by atoms with van der Waals surface area (Å²) in [5.74, 6) is 1.26.